The van der Waals surface area contributed by atoms with Gasteiger partial charge in [-0.25, -0.2) is 19.9 Å². The third kappa shape index (κ3) is 1.94. The smallest absolute Gasteiger partial charge is 0.121 e. The molecule has 0 radical (unpaired) electrons. The fourth-order valence-electron chi connectivity index (χ4n) is 3.58. The zero-order valence-corrected chi connectivity index (χ0v) is 16.1. The van der Waals surface area contributed by atoms with Crippen molar-refractivity contribution in [1.29, 1.82) is 10.5 Å². The van der Waals surface area contributed by atoms with Gasteiger partial charge in [0, 0.05) is 0 Å². The highest BCUT2D eigenvalue weighted by molar-refractivity contribution is 14.1. The number of nitrogens with zero attached hydrogens (tertiary/aromatic N) is 6. The van der Waals surface area contributed by atoms with Gasteiger partial charge in [0.2, 0.25) is 0 Å². The molecule has 0 unspecified atom stereocenters. The van der Waals surface area contributed by atoms with Gasteiger partial charge in [-0.1, -0.05) is 6.92 Å². The minimum Gasteiger partial charge on any atom is -0.350 e. The van der Waals surface area contributed by atoms with Crippen molar-refractivity contribution in [2.24, 2.45) is 0 Å². The molecule has 0 fully saturated rings. The number of halogens is 1. The van der Waals surface area contributed by atoms with Crippen LogP contribution in [0.1, 0.15) is 23.6 Å². The molecule has 0 saturated carbocycles. The number of aromatic nitrogens is 6. The van der Waals surface area contributed by atoms with Crippen molar-refractivity contribution in [2.75, 3.05) is 0 Å². The fourth-order valence-corrected chi connectivity index (χ4v) is 4.38. The van der Waals surface area contributed by atoms with Gasteiger partial charge < -0.3 is 9.97 Å². The number of fused-ring (bicyclic) bond motifs is 7. The summed E-state index contributed by atoms with van der Waals surface area (Å²) in [4.78, 5) is 24.3. The van der Waals surface area contributed by atoms with E-state index in [1.54, 1.807) is 0 Å². The molecule has 5 rings (SSSR count). The number of rotatable bonds is 1. The number of aromatic amines is 2. The Morgan fingerprint density at radius 3 is 1.85 bits per heavy atom. The summed E-state index contributed by atoms with van der Waals surface area (Å²) in [7, 11) is 0. The summed E-state index contributed by atoms with van der Waals surface area (Å²) >= 11 is 2.10. The summed E-state index contributed by atoms with van der Waals surface area (Å²) in [5.41, 5.74) is 7.36. The third-order valence-corrected chi connectivity index (χ3v) is 5.84. The fraction of sp³-hybridized carbons (Fsp3) is 0.111. The topological polar surface area (TPSA) is 131 Å². The molecule has 0 atom stereocenters. The van der Waals surface area contributed by atoms with E-state index in [1.807, 2.05) is 6.92 Å². The predicted molar refractivity (Wildman–Crippen MR) is 108 cm³/mol. The molecular formula is C18H9IN8. The summed E-state index contributed by atoms with van der Waals surface area (Å²) in [6.45, 7) is 1.96. The Kier molecular flexibility index (Phi) is 3.29. The molecule has 3 heterocycles. The van der Waals surface area contributed by atoms with E-state index in [0.717, 1.165) is 27.6 Å². The maximum absolute atomic E-state index is 9.64. The van der Waals surface area contributed by atoms with Crippen molar-refractivity contribution in [1.82, 2.24) is 29.9 Å². The van der Waals surface area contributed by atoms with E-state index in [1.165, 1.54) is 12.7 Å². The van der Waals surface area contributed by atoms with Crippen LogP contribution in [0.5, 0.6) is 0 Å². The van der Waals surface area contributed by atoms with E-state index >= 15 is 0 Å². The van der Waals surface area contributed by atoms with Gasteiger partial charge in [-0.05, 0) is 34.6 Å². The molecule has 3 aromatic heterocycles. The molecule has 9 heteroatoms. The lowest BCUT2D eigenvalue weighted by Crippen LogP contribution is -2.03. The van der Waals surface area contributed by atoms with E-state index in [-0.39, 0.29) is 0 Å². The predicted octanol–water partition coefficient (Wildman–Crippen LogP) is 3.45. The Morgan fingerprint density at radius 1 is 0.815 bits per heavy atom. The van der Waals surface area contributed by atoms with E-state index in [9.17, 15) is 10.5 Å². The van der Waals surface area contributed by atoms with Crippen LogP contribution in [0.25, 0.3) is 44.1 Å². The van der Waals surface area contributed by atoms with Crippen LogP contribution in [-0.2, 0) is 6.42 Å². The van der Waals surface area contributed by atoms with E-state index in [2.05, 4.69) is 64.6 Å². The number of aryl methyl sites for hydroxylation is 1. The number of hydrogen-bond donors (Lipinski definition) is 2. The molecule has 0 spiro atoms. The first-order valence-electron chi connectivity index (χ1n) is 8.12. The molecule has 0 saturated heterocycles. The van der Waals surface area contributed by atoms with Crippen LogP contribution in [0.15, 0.2) is 12.7 Å². The van der Waals surface area contributed by atoms with Gasteiger partial charge in [0.05, 0.1) is 36.8 Å². The standard InChI is InChI=1S/C18H9IN8/c1-2-7-8(3-20)9(4-21)10(19)12-11(7)26-17-15-13(22-5-24-15)14-16(18(17)27-12)25-6-23-14/h5-6,26-27H,2H2,1H3. The molecule has 0 aliphatic carbocycles. The van der Waals surface area contributed by atoms with Crippen molar-refractivity contribution in [3.8, 4) is 12.1 Å². The lowest BCUT2D eigenvalue weighted by molar-refractivity contribution is 1.13. The second kappa shape index (κ2) is 5.59. The van der Waals surface area contributed by atoms with Gasteiger partial charge in [-0.3, -0.25) is 0 Å². The minimum atomic E-state index is 0.380. The largest absolute Gasteiger partial charge is 0.350 e. The summed E-state index contributed by atoms with van der Waals surface area (Å²) < 4.78 is 0.693. The maximum Gasteiger partial charge on any atom is 0.121 e. The minimum absolute atomic E-state index is 0.380. The van der Waals surface area contributed by atoms with Crippen molar-refractivity contribution in [3.63, 3.8) is 0 Å². The lowest BCUT2D eigenvalue weighted by Gasteiger charge is -2.14. The second-order valence-corrected chi connectivity index (χ2v) is 7.09. The highest BCUT2D eigenvalue weighted by atomic mass is 127. The Hall–Kier alpha value is -3.31. The molecule has 2 aromatic carbocycles. The Bertz CT molecular complexity index is 1500. The zero-order valence-electron chi connectivity index (χ0n) is 13.9. The normalized spacial score (nSPS) is 11.4. The number of H-pyrrole nitrogens is 2. The molecule has 27 heavy (non-hydrogen) atoms. The van der Waals surface area contributed by atoms with Crippen molar-refractivity contribution < 1.29 is 0 Å². The molecule has 0 aliphatic heterocycles. The first-order valence-corrected chi connectivity index (χ1v) is 9.20. The van der Waals surface area contributed by atoms with Gasteiger partial charge in [0.1, 0.15) is 46.9 Å². The molecule has 0 bridgehead atoms. The van der Waals surface area contributed by atoms with Crippen LogP contribution >= 0.6 is 22.6 Å². The van der Waals surface area contributed by atoms with Crippen LogP contribution in [0.3, 0.4) is 0 Å². The van der Waals surface area contributed by atoms with Crippen LogP contribution in [0.2, 0.25) is 0 Å². The number of nitrogens with one attached hydrogen (secondary N) is 2. The van der Waals surface area contributed by atoms with Crippen molar-refractivity contribution in [2.45, 2.75) is 13.3 Å². The summed E-state index contributed by atoms with van der Waals surface area (Å²) in [5, 5.41) is 19.2. The zero-order chi connectivity index (χ0) is 18.7. The van der Waals surface area contributed by atoms with Crippen LogP contribution < -0.4 is 0 Å². The monoisotopic (exact) mass is 464 g/mol. The Balaban J connectivity index is 2.12. The Morgan fingerprint density at radius 2 is 1.33 bits per heavy atom. The van der Waals surface area contributed by atoms with Crippen LogP contribution in [-0.4, -0.2) is 29.9 Å². The number of hydrogen-bond acceptors (Lipinski definition) is 6. The highest BCUT2D eigenvalue weighted by Gasteiger charge is 2.21. The molecule has 8 nitrogen and oxygen atoms in total. The van der Waals surface area contributed by atoms with Crippen molar-refractivity contribution in [3.05, 3.63) is 32.9 Å². The SMILES string of the molecule is CCc1c(C#N)c(C#N)c(I)c2[nH]c3c4ncnc4c4ncnc4c3[nH]c12. The van der Waals surface area contributed by atoms with Crippen LogP contribution in [0, 0.1) is 26.2 Å². The Labute approximate surface area is 165 Å². The number of imidazole rings is 2. The van der Waals surface area contributed by atoms with E-state index in [0.29, 0.717) is 43.2 Å². The average Bonchev–Trinajstić information content (AvgIpc) is 3.36. The molecular weight excluding hydrogens is 455 g/mol. The highest BCUT2D eigenvalue weighted by Crippen LogP contribution is 2.34. The average molecular weight is 464 g/mol. The lowest BCUT2D eigenvalue weighted by atomic mass is 9.98. The van der Waals surface area contributed by atoms with Gasteiger partial charge in [0.15, 0.2) is 0 Å². The molecule has 128 valence electrons. The van der Waals surface area contributed by atoms with Gasteiger partial charge in [-0.2, -0.15) is 10.5 Å². The van der Waals surface area contributed by atoms with Gasteiger partial charge in [-0.15, -0.1) is 0 Å². The quantitative estimate of drug-likeness (QED) is 0.289. The summed E-state index contributed by atoms with van der Waals surface area (Å²) in [5.74, 6) is 0. The van der Waals surface area contributed by atoms with E-state index in [4.69, 9.17) is 0 Å². The van der Waals surface area contributed by atoms with Gasteiger partial charge >= 0.3 is 0 Å². The van der Waals surface area contributed by atoms with Gasteiger partial charge in [0.25, 0.3) is 0 Å². The maximum atomic E-state index is 9.64. The third-order valence-electron chi connectivity index (χ3n) is 4.76. The van der Waals surface area contributed by atoms with Crippen molar-refractivity contribution >= 4 is 66.7 Å². The molecule has 5 aromatic rings. The molecule has 0 amide bonds. The molecule has 0 aliphatic rings. The van der Waals surface area contributed by atoms with E-state index < -0.39 is 0 Å². The number of benzene rings is 2. The second-order valence-electron chi connectivity index (χ2n) is 6.01. The molecule has 2 N–H and O–H groups in total. The first kappa shape index (κ1) is 15.9. The first-order chi connectivity index (χ1) is 13.2. The summed E-state index contributed by atoms with van der Waals surface area (Å²) in [6, 6.07) is 4.37. The van der Waals surface area contributed by atoms with Crippen LogP contribution in [0.4, 0.5) is 0 Å². The summed E-state index contributed by atoms with van der Waals surface area (Å²) in [6.07, 6.45) is 3.60. The number of nitriles is 2.